The first-order valence-corrected chi connectivity index (χ1v) is 9.72. The minimum absolute atomic E-state index is 0.185. The molecule has 0 saturated heterocycles. The molecule has 2 heterocycles. The number of rotatable bonds is 5. The van der Waals surface area contributed by atoms with Crippen molar-refractivity contribution in [2.75, 3.05) is 13.2 Å². The lowest BCUT2D eigenvalue weighted by atomic mass is 10.00. The SMILES string of the molecule is CC.CC1C=C2/N=C\C/C=C(C(C)/C=C\C=C/CN=O)\C(Br)=N/CN2N1. The van der Waals surface area contributed by atoms with Gasteiger partial charge in [-0.15, -0.1) is 0 Å². The summed E-state index contributed by atoms with van der Waals surface area (Å²) in [6, 6.07) is 0.258. The number of aliphatic imine (C=N–C) groups is 2. The molecule has 7 heteroatoms. The summed E-state index contributed by atoms with van der Waals surface area (Å²) in [6.45, 7) is 8.88. The van der Waals surface area contributed by atoms with Crippen LogP contribution in [0.1, 0.15) is 34.1 Å². The lowest BCUT2D eigenvalue weighted by molar-refractivity contribution is 0.266. The summed E-state index contributed by atoms with van der Waals surface area (Å²) in [5.41, 5.74) is 4.42. The Labute approximate surface area is 164 Å². The van der Waals surface area contributed by atoms with Crippen LogP contribution < -0.4 is 5.43 Å². The Morgan fingerprint density at radius 3 is 2.96 bits per heavy atom. The van der Waals surface area contributed by atoms with Crippen molar-refractivity contribution in [3.8, 4) is 0 Å². The molecule has 0 aromatic carbocycles. The molecule has 0 fully saturated rings. The zero-order chi connectivity index (χ0) is 19.4. The fourth-order valence-electron chi connectivity index (χ4n) is 2.41. The van der Waals surface area contributed by atoms with Crippen LogP contribution in [0.2, 0.25) is 0 Å². The summed E-state index contributed by atoms with van der Waals surface area (Å²) in [6.07, 6.45) is 14.4. The van der Waals surface area contributed by atoms with Crippen LogP contribution in [0.4, 0.5) is 0 Å². The van der Waals surface area contributed by atoms with Crippen molar-refractivity contribution in [3.63, 3.8) is 0 Å². The number of nitroso groups, excluding NO2 is 1. The van der Waals surface area contributed by atoms with Gasteiger partial charge in [0.25, 0.3) is 0 Å². The molecule has 0 bridgehead atoms. The maximum absolute atomic E-state index is 10.0. The van der Waals surface area contributed by atoms with Gasteiger partial charge in [-0.1, -0.05) is 56.3 Å². The number of halogens is 1. The fraction of sp³-hybridized carbons (Fsp3) is 0.474. The normalized spacial score (nSPS) is 26.7. The van der Waals surface area contributed by atoms with Crippen LogP contribution in [0.25, 0.3) is 0 Å². The zero-order valence-corrected chi connectivity index (χ0v) is 17.5. The molecule has 6 nitrogen and oxygen atoms in total. The number of nitrogens with zero attached hydrogens (tertiary/aromatic N) is 4. The number of allylic oxidation sites excluding steroid dienone is 5. The molecule has 0 radical (unpaired) electrons. The van der Waals surface area contributed by atoms with E-state index in [2.05, 4.69) is 68.6 Å². The standard InChI is InChI=1S/C17H22BrN5O.C2H6/c1-13(7-4-3-5-10-21-24)15-8-6-9-19-16-11-14(2)22-23(16)12-20-17(15)18;1-2/h3-5,7-9,11,13-14,22H,6,10,12H2,1-2H3;1-2H3/b5-3-,7-4-,15-8-,19-9-,20-17+;. The highest BCUT2D eigenvalue weighted by atomic mass is 79.9. The highest BCUT2D eigenvalue weighted by Gasteiger charge is 2.19. The van der Waals surface area contributed by atoms with Crippen molar-refractivity contribution >= 4 is 26.8 Å². The number of hydrazine groups is 1. The number of hydrogen-bond donors (Lipinski definition) is 1. The van der Waals surface area contributed by atoms with Gasteiger partial charge in [0.15, 0.2) is 0 Å². The van der Waals surface area contributed by atoms with Crippen molar-refractivity contribution in [3.05, 3.63) is 52.8 Å². The summed E-state index contributed by atoms with van der Waals surface area (Å²) in [5, 5.41) is 4.74. The second-order valence-electron chi connectivity index (χ2n) is 5.58. The largest absolute Gasteiger partial charge is 0.270 e. The van der Waals surface area contributed by atoms with E-state index in [0.717, 1.165) is 22.4 Å². The molecular weight excluding hydrogens is 394 g/mol. The van der Waals surface area contributed by atoms with Gasteiger partial charge in [-0.05, 0) is 34.5 Å². The Kier molecular flexibility index (Phi) is 10.7. The predicted octanol–water partition coefficient (Wildman–Crippen LogP) is 4.73. The molecule has 0 aromatic rings. The molecule has 26 heavy (non-hydrogen) atoms. The van der Waals surface area contributed by atoms with E-state index in [9.17, 15) is 4.91 Å². The first-order chi connectivity index (χ1) is 12.6. The number of fused-ring (bicyclic) bond motifs is 1. The average molecular weight is 422 g/mol. The molecule has 2 unspecified atom stereocenters. The van der Waals surface area contributed by atoms with Gasteiger partial charge in [0.2, 0.25) is 0 Å². The summed E-state index contributed by atoms with van der Waals surface area (Å²) in [4.78, 5) is 19.2. The monoisotopic (exact) mass is 421 g/mol. The molecule has 2 aliphatic heterocycles. The van der Waals surface area contributed by atoms with Crippen LogP contribution in [-0.2, 0) is 0 Å². The van der Waals surface area contributed by atoms with E-state index in [1.165, 1.54) is 0 Å². The zero-order valence-electron chi connectivity index (χ0n) is 15.9. The van der Waals surface area contributed by atoms with Crippen LogP contribution in [0.3, 0.4) is 0 Å². The van der Waals surface area contributed by atoms with Crippen LogP contribution in [0.15, 0.2) is 63.0 Å². The van der Waals surface area contributed by atoms with Gasteiger partial charge < -0.3 is 0 Å². The highest BCUT2D eigenvalue weighted by Crippen LogP contribution is 2.21. The third kappa shape index (κ3) is 7.17. The second kappa shape index (κ2) is 12.5. The van der Waals surface area contributed by atoms with Gasteiger partial charge in [0.05, 0.1) is 6.54 Å². The summed E-state index contributed by atoms with van der Waals surface area (Å²) in [7, 11) is 0. The maximum atomic E-state index is 10.0. The average Bonchev–Trinajstić information content (AvgIpc) is 3.00. The van der Waals surface area contributed by atoms with Crippen LogP contribution in [0, 0.1) is 10.8 Å². The minimum atomic E-state index is 0.185. The first kappa shape index (κ1) is 22.2. The van der Waals surface area contributed by atoms with Crippen molar-refractivity contribution in [2.45, 2.75) is 40.2 Å². The summed E-state index contributed by atoms with van der Waals surface area (Å²) >= 11 is 3.60. The van der Waals surface area contributed by atoms with Crippen molar-refractivity contribution in [1.82, 2.24) is 10.4 Å². The van der Waals surface area contributed by atoms with E-state index in [1.54, 1.807) is 6.08 Å². The van der Waals surface area contributed by atoms with Crippen LogP contribution >= 0.6 is 15.9 Å². The quantitative estimate of drug-likeness (QED) is 0.515. The van der Waals surface area contributed by atoms with Crippen molar-refractivity contribution in [2.24, 2.45) is 21.1 Å². The summed E-state index contributed by atoms with van der Waals surface area (Å²) in [5.74, 6) is 1.09. The van der Waals surface area contributed by atoms with E-state index >= 15 is 0 Å². The molecule has 142 valence electrons. The molecule has 2 aliphatic rings. The number of nitrogens with one attached hydrogen (secondary N) is 1. The van der Waals surface area contributed by atoms with Gasteiger partial charge >= 0.3 is 0 Å². The highest BCUT2D eigenvalue weighted by molar-refractivity contribution is 9.18. The topological polar surface area (TPSA) is 69.4 Å². The van der Waals surface area contributed by atoms with Gasteiger partial charge in [0, 0.05) is 24.6 Å². The third-order valence-electron chi connectivity index (χ3n) is 3.61. The van der Waals surface area contributed by atoms with E-state index in [0.29, 0.717) is 6.67 Å². The molecule has 0 spiro atoms. The lowest BCUT2D eigenvalue weighted by Crippen LogP contribution is -2.36. The van der Waals surface area contributed by atoms with Crippen LogP contribution in [-0.4, -0.2) is 35.1 Å². The molecular formula is C19H28BrN5O. The molecule has 0 saturated carbocycles. The van der Waals surface area contributed by atoms with Gasteiger partial charge in [-0.3, -0.25) is 10.0 Å². The molecule has 2 rings (SSSR count). The van der Waals surface area contributed by atoms with E-state index in [4.69, 9.17) is 0 Å². The minimum Gasteiger partial charge on any atom is -0.270 e. The maximum Gasteiger partial charge on any atom is 0.141 e. The molecule has 0 aliphatic carbocycles. The van der Waals surface area contributed by atoms with Gasteiger partial charge in [-0.25, -0.2) is 10.4 Å². The second-order valence-corrected chi connectivity index (χ2v) is 6.33. The molecule has 0 aromatic heterocycles. The molecule has 1 N–H and O–H groups in total. The van der Waals surface area contributed by atoms with Crippen LogP contribution in [0.5, 0.6) is 0 Å². The Morgan fingerprint density at radius 1 is 1.46 bits per heavy atom. The predicted molar refractivity (Wildman–Crippen MR) is 114 cm³/mol. The smallest absolute Gasteiger partial charge is 0.141 e. The van der Waals surface area contributed by atoms with Crippen molar-refractivity contribution < 1.29 is 0 Å². The van der Waals surface area contributed by atoms with E-state index in [1.807, 2.05) is 37.2 Å². The van der Waals surface area contributed by atoms with Gasteiger partial charge in [0.1, 0.15) is 17.1 Å². The first-order valence-electron chi connectivity index (χ1n) is 8.92. The Hall–Kier alpha value is -1.86. The third-order valence-corrected chi connectivity index (χ3v) is 4.32. The van der Waals surface area contributed by atoms with Gasteiger partial charge in [-0.2, -0.15) is 4.91 Å². The Balaban J connectivity index is 0.00000163. The van der Waals surface area contributed by atoms with E-state index < -0.39 is 0 Å². The van der Waals surface area contributed by atoms with E-state index in [-0.39, 0.29) is 18.5 Å². The number of hydrogen-bond acceptors (Lipinski definition) is 6. The fourth-order valence-corrected chi connectivity index (χ4v) is 3.05. The molecule has 0 amide bonds. The lowest BCUT2D eigenvalue weighted by Gasteiger charge is -2.20. The van der Waals surface area contributed by atoms with Crippen molar-refractivity contribution in [1.29, 1.82) is 0 Å². The summed E-state index contributed by atoms with van der Waals surface area (Å²) < 4.78 is 0.842. The Morgan fingerprint density at radius 2 is 2.23 bits per heavy atom. The Bertz CT molecular complexity index is 634. The molecule has 2 atom stereocenters.